The first-order valence-corrected chi connectivity index (χ1v) is 9.63. The Bertz CT molecular complexity index is 958. The summed E-state index contributed by atoms with van der Waals surface area (Å²) in [6, 6.07) is 21.0. The number of quaternary nitrogens is 1. The van der Waals surface area contributed by atoms with Crippen LogP contribution in [0.25, 0.3) is 0 Å². The van der Waals surface area contributed by atoms with Crippen LogP contribution in [0.2, 0.25) is 0 Å². The minimum absolute atomic E-state index is 0.0274. The molecule has 3 rings (SSSR count). The molecule has 29 heavy (non-hydrogen) atoms. The van der Waals surface area contributed by atoms with Gasteiger partial charge in [0.15, 0.2) is 6.54 Å². The fourth-order valence-corrected chi connectivity index (χ4v) is 3.35. The van der Waals surface area contributed by atoms with E-state index in [0.717, 1.165) is 17.2 Å². The first-order chi connectivity index (χ1) is 13.9. The zero-order valence-corrected chi connectivity index (χ0v) is 16.5. The first-order valence-electron chi connectivity index (χ1n) is 9.63. The molecule has 3 aromatic rings. The van der Waals surface area contributed by atoms with E-state index in [2.05, 4.69) is 29.6 Å². The van der Waals surface area contributed by atoms with Crippen molar-refractivity contribution < 1.29 is 18.9 Å². The number of halogens is 2. The van der Waals surface area contributed by atoms with Crippen LogP contribution in [0.4, 0.5) is 8.78 Å². The number of aryl methyl sites for hydroxylation is 1. The maximum atomic E-state index is 13.9. The van der Waals surface area contributed by atoms with Crippen LogP contribution in [-0.2, 0) is 4.79 Å². The molecule has 1 amide bonds. The molecule has 150 valence electrons. The SMILES string of the molecule is Cc1ccc([C@@H]([NH2+]CC(=O)N[C@@H](C)c2ccc(F)cc2F)c2ccccc2)cc1. The quantitative estimate of drug-likeness (QED) is 0.628. The predicted molar refractivity (Wildman–Crippen MR) is 109 cm³/mol. The standard InChI is InChI=1S/C24H24F2N2O/c1-16-8-10-19(11-9-16)24(18-6-4-3-5-7-18)27-15-23(29)28-17(2)21-13-12-20(25)14-22(21)26/h3-14,17,24,27H,15H2,1-2H3,(H,28,29)/p+1/t17-,24-/m0/s1. The van der Waals surface area contributed by atoms with E-state index in [4.69, 9.17) is 0 Å². The monoisotopic (exact) mass is 395 g/mol. The topological polar surface area (TPSA) is 45.7 Å². The van der Waals surface area contributed by atoms with Crippen LogP contribution < -0.4 is 10.6 Å². The molecule has 3 aromatic carbocycles. The smallest absolute Gasteiger partial charge is 0.275 e. The van der Waals surface area contributed by atoms with Gasteiger partial charge in [-0.05, 0) is 19.9 Å². The van der Waals surface area contributed by atoms with Crippen molar-refractivity contribution in [2.45, 2.75) is 25.9 Å². The van der Waals surface area contributed by atoms with E-state index in [0.29, 0.717) is 0 Å². The van der Waals surface area contributed by atoms with Crippen molar-refractivity contribution in [2.24, 2.45) is 0 Å². The van der Waals surface area contributed by atoms with Gasteiger partial charge in [0.1, 0.15) is 17.7 Å². The Labute approximate surface area is 169 Å². The number of amides is 1. The van der Waals surface area contributed by atoms with E-state index in [9.17, 15) is 13.6 Å². The molecule has 0 aromatic heterocycles. The number of benzene rings is 3. The number of nitrogens with two attached hydrogens (primary N) is 1. The van der Waals surface area contributed by atoms with Gasteiger partial charge in [-0.1, -0.05) is 66.2 Å². The van der Waals surface area contributed by atoms with Crippen LogP contribution in [0.3, 0.4) is 0 Å². The molecule has 0 aliphatic heterocycles. The average molecular weight is 395 g/mol. The number of carbonyl (C=O) groups is 1. The minimum atomic E-state index is -0.663. The molecular formula is C24H25F2N2O+. The van der Waals surface area contributed by atoms with Crippen LogP contribution in [0.5, 0.6) is 0 Å². The summed E-state index contributed by atoms with van der Waals surface area (Å²) in [7, 11) is 0. The lowest BCUT2D eigenvalue weighted by Crippen LogP contribution is -2.87. The fourth-order valence-electron chi connectivity index (χ4n) is 3.35. The van der Waals surface area contributed by atoms with Crippen molar-refractivity contribution in [1.82, 2.24) is 5.32 Å². The van der Waals surface area contributed by atoms with Crippen LogP contribution in [0.1, 0.15) is 41.3 Å². The van der Waals surface area contributed by atoms with Gasteiger partial charge in [0.25, 0.3) is 5.91 Å². The lowest BCUT2D eigenvalue weighted by Gasteiger charge is -2.18. The minimum Gasteiger partial charge on any atom is -0.345 e. The summed E-state index contributed by atoms with van der Waals surface area (Å²) in [6.07, 6.45) is 0. The normalized spacial score (nSPS) is 13.0. The van der Waals surface area contributed by atoms with Gasteiger partial charge in [-0.25, -0.2) is 8.78 Å². The van der Waals surface area contributed by atoms with Gasteiger partial charge < -0.3 is 10.6 Å². The summed E-state index contributed by atoms with van der Waals surface area (Å²) in [6.45, 7) is 3.90. The molecule has 0 fully saturated rings. The van der Waals surface area contributed by atoms with Crippen LogP contribution >= 0.6 is 0 Å². The highest BCUT2D eigenvalue weighted by Gasteiger charge is 2.20. The van der Waals surface area contributed by atoms with Crippen molar-refractivity contribution >= 4 is 5.91 Å². The molecule has 3 nitrogen and oxygen atoms in total. The van der Waals surface area contributed by atoms with Gasteiger partial charge in [-0.15, -0.1) is 0 Å². The lowest BCUT2D eigenvalue weighted by molar-refractivity contribution is -0.676. The summed E-state index contributed by atoms with van der Waals surface area (Å²) >= 11 is 0. The Morgan fingerprint density at radius 1 is 0.966 bits per heavy atom. The number of nitrogens with one attached hydrogen (secondary N) is 1. The number of carbonyl (C=O) groups excluding carboxylic acids is 1. The average Bonchev–Trinajstić information content (AvgIpc) is 2.70. The summed E-state index contributed by atoms with van der Waals surface area (Å²) in [5.74, 6) is -1.51. The van der Waals surface area contributed by atoms with Gasteiger partial charge in [0, 0.05) is 22.8 Å². The Morgan fingerprint density at radius 2 is 1.62 bits per heavy atom. The molecule has 0 heterocycles. The second kappa shape index (κ2) is 9.43. The molecule has 0 spiro atoms. The van der Waals surface area contributed by atoms with Crippen LogP contribution in [0.15, 0.2) is 72.8 Å². The third kappa shape index (κ3) is 5.48. The largest absolute Gasteiger partial charge is 0.345 e. The molecule has 3 N–H and O–H groups in total. The highest BCUT2D eigenvalue weighted by Crippen LogP contribution is 2.19. The maximum Gasteiger partial charge on any atom is 0.275 e. The second-order valence-corrected chi connectivity index (χ2v) is 7.19. The summed E-state index contributed by atoms with van der Waals surface area (Å²) in [5, 5.41) is 4.75. The Kier molecular flexibility index (Phi) is 6.73. The molecule has 0 saturated carbocycles. The highest BCUT2D eigenvalue weighted by atomic mass is 19.1. The van der Waals surface area contributed by atoms with Crippen LogP contribution in [0, 0.1) is 18.6 Å². The van der Waals surface area contributed by atoms with E-state index < -0.39 is 17.7 Å². The zero-order valence-electron chi connectivity index (χ0n) is 16.5. The van der Waals surface area contributed by atoms with Crippen molar-refractivity contribution in [3.05, 3.63) is 107 Å². The Morgan fingerprint density at radius 3 is 2.28 bits per heavy atom. The third-order valence-corrected chi connectivity index (χ3v) is 4.94. The van der Waals surface area contributed by atoms with Gasteiger partial charge in [0.05, 0.1) is 6.04 Å². The molecule has 5 heteroatoms. The van der Waals surface area contributed by atoms with E-state index in [1.807, 2.05) is 42.6 Å². The van der Waals surface area contributed by atoms with Crippen molar-refractivity contribution in [1.29, 1.82) is 0 Å². The van der Waals surface area contributed by atoms with Gasteiger partial charge >= 0.3 is 0 Å². The second-order valence-electron chi connectivity index (χ2n) is 7.19. The molecule has 0 saturated heterocycles. The summed E-state index contributed by atoms with van der Waals surface area (Å²) in [4.78, 5) is 12.5. The fraction of sp³-hybridized carbons (Fsp3) is 0.208. The Hall–Kier alpha value is -3.05. The molecule has 0 aliphatic rings. The first kappa shape index (κ1) is 20.7. The molecule has 0 unspecified atom stereocenters. The maximum absolute atomic E-state index is 13.9. The van der Waals surface area contributed by atoms with Crippen molar-refractivity contribution in [2.75, 3.05) is 6.54 Å². The van der Waals surface area contributed by atoms with Crippen molar-refractivity contribution in [3.8, 4) is 0 Å². The summed E-state index contributed by atoms with van der Waals surface area (Å²) in [5.41, 5.74) is 3.64. The van der Waals surface area contributed by atoms with E-state index in [1.165, 1.54) is 17.7 Å². The van der Waals surface area contributed by atoms with Crippen LogP contribution in [-0.4, -0.2) is 12.5 Å². The van der Waals surface area contributed by atoms with Gasteiger partial charge in [-0.2, -0.15) is 0 Å². The number of hydrogen-bond acceptors (Lipinski definition) is 1. The number of hydrogen-bond donors (Lipinski definition) is 2. The third-order valence-electron chi connectivity index (χ3n) is 4.94. The molecule has 0 aliphatic carbocycles. The lowest BCUT2D eigenvalue weighted by atomic mass is 9.98. The summed E-state index contributed by atoms with van der Waals surface area (Å²) < 4.78 is 27.0. The van der Waals surface area contributed by atoms with Gasteiger partial charge in [-0.3, -0.25) is 4.79 Å². The van der Waals surface area contributed by atoms with E-state index in [-0.39, 0.29) is 24.1 Å². The molecule has 0 radical (unpaired) electrons. The van der Waals surface area contributed by atoms with Crippen molar-refractivity contribution in [3.63, 3.8) is 0 Å². The zero-order chi connectivity index (χ0) is 20.8. The Balaban J connectivity index is 1.68. The molecule has 2 atom stereocenters. The molecular weight excluding hydrogens is 370 g/mol. The predicted octanol–water partition coefficient (Wildman–Crippen LogP) is 3.80. The highest BCUT2D eigenvalue weighted by molar-refractivity contribution is 5.77. The molecule has 0 bridgehead atoms. The number of rotatable bonds is 7. The van der Waals surface area contributed by atoms with Gasteiger partial charge in [0.2, 0.25) is 0 Å². The van der Waals surface area contributed by atoms with E-state index in [1.54, 1.807) is 6.92 Å². The van der Waals surface area contributed by atoms with E-state index >= 15 is 0 Å².